The van der Waals surface area contributed by atoms with Crippen molar-refractivity contribution in [2.45, 2.75) is 6.92 Å². The normalized spacial score (nSPS) is 8.75. The van der Waals surface area contributed by atoms with Crippen molar-refractivity contribution in [3.63, 3.8) is 0 Å². The molecule has 0 bridgehead atoms. The van der Waals surface area contributed by atoms with Gasteiger partial charge in [0.05, 0.1) is 0 Å². The Hall–Kier alpha value is -0.653. The Bertz CT molecular complexity index is 148. The molecule has 0 aromatic heterocycles. The molecule has 12 heavy (non-hydrogen) atoms. The molecule has 0 amide bonds. The van der Waals surface area contributed by atoms with E-state index in [1.165, 1.54) is 5.06 Å². The summed E-state index contributed by atoms with van der Waals surface area (Å²) in [6, 6.07) is 0. The Labute approximate surface area is 76.6 Å². The molecule has 0 aliphatic rings. The second kappa shape index (κ2) is 8.44. The Balaban J connectivity index is 0. The van der Waals surface area contributed by atoms with E-state index in [0.717, 1.165) is 10.5 Å². The number of hydrogen-bond donors (Lipinski definition) is 0. The molecule has 0 rings (SSSR count). The molecule has 0 aromatic carbocycles. The molecule has 0 saturated heterocycles. The van der Waals surface area contributed by atoms with E-state index in [4.69, 9.17) is 0 Å². The largest absolute Gasteiger partial charge is 0.431 e. The predicted molar refractivity (Wildman–Crippen MR) is 51.5 cm³/mol. The minimum absolute atomic E-state index is 0.389. The van der Waals surface area contributed by atoms with Gasteiger partial charge in [-0.05, 0) is 6.92 Å². The van der Waals surface area contributed by atoms with Crippen LogP contribution in [0, 0.1) is 0 Å². The summed E-state index contributed by atoms with van der Waals surface area (Å²) in [7, 11) is 5.84. The first-order valence-corrected chi connectivity index (χ1v) is 4.22. The average Bonchev–Trinajstić information content (AvgIpc) is 1.87. The van der Waals surface area contributed by atoms with E-state index in [1.54, 1.807) is 28.1 Å². The highest BCUT2D eigenvalue weighted by Crippen LogP contribution is 1.91. The molecule has 0 fully saturated rings. The van der Waals surface area contributed by atoms with E-state index < -0.39 is 0 Å². The molecule has 0 heterocycles. The third-order valence-electron chi connectivity index (χ3n) is 0.614. The van der Waals surface area contributed by atoms with Gasteiger partial charge in [-0.2, -0.15) is 0 Å². The zero-order valence-electron chi connectivity index (χ0n) is 8.38. The second-order valence-electron chi connectivity index (χ2n) is 2.38. The van der Waals surface area contributed by atoms with Crippen LogP contribution in [0.1, 0.15) is 6.92 Å². The fraction of sp³-hybridized carbons (Fsp3) is 0.571. The van der Waals surface area contributed by atoms with Crippen LogP contribution >= 0.6 is 0 Å². The van der Waals surface area contributed by atoms with Crippen LogP contribution in [-0.4, -0.2) is 42.7 Å². The fourth-order valence-electron chi connectivity index (χ4n) is 0.244. The first-order chi connectivity index (χ1) is 5.45. The maximum Gasteiger partial charge on any atom is 0.351 e. The van der Waals surface area contributed by atoms with Gasteiger partial charge in [-0.15, -0.1) is 5.06 Å². The maximum absolute atomic E-state index is 10.6. The summed E-state index contributed by atoms with van der Waals surface area (Å²) in [6.45, 7) is 5.01. The van der Waals surface area contributed by atoms with Crippen molar-refractivity contribution < 1.29 is 14.1 Å². The molecule has 0 spiro atoms. The van der Waals surface area contributed by atoms with Gasteiger partial charge < -0.3 is 9.26 Å². The number of rotatable bonds is 2. The van der Waals surface area contributed by atoms with Crippen molar-refractivity contribution >= 4 is 16.5 Å². The van der Waals surface area contributed by atoms with Crippen molar-refractivity contribution in [2.24, 2.45) is 0 Å². The van der Waals surface area contributed by atoms with Gasteiger partial charge in [-0.25, -0.2) is 4.79 Å². The summed E-state index contributed by atoms with van der Waals surface area (Å²) < 4.78 is 4.39. The number of hydrogen-bond acceptors (Lipinski definition) is 4. The van der Waals surface area contributed by atoms with E-state index in [9.17, 15) is 4.79 Å². The summed E-state index contributed by atoms with van der Waals surface area (Å²) in [5.41, 5.74) is 0.406. The number of carbonyl (C=O) groups excluding carboxylic acids is 1. The second-order valence-corrected chi connectivity index (χ2v) is 3.20. The summed E-state index contributed by atoms with van der Waals surface area (Å²) in [6.07, 6.45) is 0. The molecule has 0 atom stereocenters. The van der Waals surface area contributed by atoms with Gasteiger partial charge in [-0.1, -0.05) is 6.58 Å². The fourth-order valence-corrected chi connectivity index (χ4v) is 0.244. The highest BCUT2D eigenvalue weighted by Gasteiger charge is 2.02. The van der Waals surface area contributed by atoms with Crippen LogP contribution in [-0.2, 0) is 14.1 Å². The molecular weight excluding hydrogens is 174 g/mol. The predicted octanol–water partition coefficient (Wildman–Crippen LogP) is -0.504. The van der Waals surface area contributed by atoms with Crippen molar-refractivity contribution in [1.82, 2.24) is 5.06 Å². The highest BCUT2D eigenvalue weighted by molar-refractivity contribution is 5.97. The van der Waals surface area contributed by atoms with Crippen molar-refractivity contribution in [3.05, 3.63) is 12.2 Å². The van der Waals surface area contributed by atoms with E-state index in [1.807, 2.05) is 0 Å². The molecule has 0 N–H and O–H groups in total. The molecule has 0 unspecified atom stereocenters. The van der Waals surface area contributed by atoms with Crippen molar-refractivity contribution in [3.8, 4) is 0 Å². The van der Waals surface area contributed by atoms with E-state index >= 15 is 0 Å². The lowest BCUT2D eigenvalue weighted by atomic mass is 10.4. The molecule has 0 aliphatic carbocycles. The van der Waals surface area contributed by atoms with Crippen molar-refractivity contribution in [1.29, 1.82) is 0 Å². The summed E-state index contributed by atoms with van der Waals surface area (Å²) >= 11 is 0. The third-order valence-corrected chi connectivity index (χ3v) is 0.614. The van der Waals surface area contributed by atoms with E-state index in [0.29, 0.717) is 5.57 Å². The smallest absolute Gasteiger partial charge is 0.351 e. The van der Waals surface area contributed by atoms with Crippen molar-refractivity contribution in [2.75, 3.05) is 21.2 Å². The van der Waals surface area contributed by atoms with Gasteiger partial charge in [0, 0.05) is 26.8 Å². The van der Waals surface area contributed by atoms with Crippen LogP contribution in [0.4, 0.5) is 0 Å². The molecular formula is C7H17NO3Si. The lowest BCUT2D eigenvalue weighted by Gasteiger charge is -2.08. The molecule has 72 valence electrons. The number of carbonyl (C=O) groups is 1. The molecule has 0 radical (unpaired) electrons. The maximum atomic E-state index is 10.6. The minimum atomic E-state index is -0.389. The molecule has 4 nitrogen and oxygen atoms in total. The van der Waals surface area contributed by atoms with E-state index in [-0.39, 0.29) is 5.97 Å². The summed E-state index contributed by atoms with van der Waals surface area (Å²) in [4.78, 5) is 15.2. The van der Waals surface area contributed by atoms with Gasteiger partial charge in [-0.3, -0.25) is 0 Å². The standard InChI is InChI=1S/C6H11NO2.CH6OSi/c1-5(2)6(8)9-7(3)4;1-2-3/h1H2,2-4H3;1,3H3. The first-order valence-electron chi connectivity index (χ1n) is 3.41. The monoisotopic (exact) mass is 191 g/mol. The SMILES string of the molecule is C=C(C)C(=O)ON(C)C.CO[SiH3]. The zero-order chi connectivity index (χ0) is 10.1. The first kappa shape index (κ1) is 13.9. The van der Waals surface area contributed by atoms with Gasteiger partial charge in [0.15, 0.2) is 0 Å². The Morgan fingerprint density at radius 3 is 1.92 bits per heavy atom. The van der Waals surface area contributed by atoms with Crippen LogP contribution in [0.15, 0.2) is 12.2 Å². The quantitative estimate of drug-likeness (QED) is 0.335. The lowest BCUT2D eigenvalue weighted by Crippen LogP contribution is -2.18. The molecule has 0 aliphatic heterocycles. The Kier molecular flexibility index (Phi) is 9.78. The Morgan fingerprint density at radius 2 is 1.83 bits per heavy atom. The van der Waals surface area contributed by atoms with Gasteiger partial charge in [0.1, 0.15) is 10.5 Å². The van der Waals surface area contributed by atoms with Crippen LogP contribution in [0.25, 0.3) is 0 Å². The third kappa shape index (κ3) is 12.1. The molecule has 5 heteroatoms. The molecule has 0 saturated carbocycles. The Morgan fingerprint density at radius 1 is 1.50 bits per heavy atom. The number of hydroxylamine groups is 2. The van der Waals surface area contributed by atoms with Crippen LogP contribution in [0.2, 0.25) is 0 Å². The number of nitrogens with zero attached hydrogens (tertiary/aromatic N) is 1. The van der Waals surface area contributed by atoms with Crippen LogP contribution < -0.4 is 0 Å². The average molecular weight is 191 g/mol. The summed E-state index contributed by atoms with van der Waals surface area (Å²) in [5.74, 6) is -0.389. The van der Waals surface area contributed by atoms with Gasteiger partial charge >= 0.3 is 5.97 Å². The summed E-state index contributed by atoms with van der Waals surface area (Å²) in [5, 5.41) is 1.33. The zero-order valence-corrected chi connectivity index (χ0v) is 10.4. The topological polar surface area (TPSA) is 38.8 Å². The van der Waals surface area contributed by atoms with E-state index in [2.05, 4.69) is 15.8 Å². The lowest BCUT2D eigenvalue weighted by molar-refractivity contribution is -0.172. The van der Waals surface area contributed by atoms with Crippen LogP contribution in [0.5, 0.6) is 0 Å². The van der Waals surface area contributed by atoms with Gasteiger partial charge in [0.25, 0.3) is 0 Å². The van der Waals surface area contributed by atoms with Gasteiger partial charge in [0.2, 0.25) is 0 Å². The highest BCUT2D eigenvalue weighted by atomic mass is 28.2. The minimum Gasteiger partial charge on any atom is -0.431 e. The van der Waals surface area contributed by atoms with Crippen LogP contribution in [0.3, 0.4) is 0 Å². The molecule has 0 aromatic rings.